The van der Waals surface area contributed by atoms with Crippen molar-refractivity contribution >= 4 is 16.9 Å². The normalized spacial score (nSPS) is 11.1. The fourth-order valence-electron chi connectivity index (χ4n) is 3.21. The van der Waals surface area contributed by atoms with Gasteiger partial charge in [-0.25, -0.2) is 9.97 Å². The average Bonchev–Trinajstić information content (AvgIpc) is 3.22. The van der Waals surface area contributed by atoms with Crippen molar-refractivity contribution in [2.75, 3.05) is 12.8 Å². The number of aromatic amines is 2. The summed E-state index contributed by atoms with van der Waals surface area (Å²) in [4.78, 5) is 29.5. The highest BCUT2D eigenvalue weighted by Crippen LogP contribution is 2.20. The molecule has 0 bridgehead atoms. The molecule has 0 aromatic carbocycles. The molecule has 0 fully saturated rings. The molecule has 142 valence electrons. The van der Waals surface area contributed by atoms with Crippen LogP contribution in [-0.4, -0.2) is 32.3 Å². The first-order valence-corrected chi connectivity index (χ1v) is 8.81. The zero-order valence-electron chi connectivity index (χ0n) is 15.6. The summed E-state index contributed by atoms with van der Waals surface area (Å²) in [6, 6.07) is 9.43. The van der Waals surface area contributed by atoms with Gasteiger partial charge >= 0.3 is 0 Å². The van der Waals surface area contributed by atoms with Crippen molar-refractivity contribution in [3.05, 3.63) is 63.8 Å². The van der Waals surface area contributed by atoms with E-state index in [0.717, 1.165) is 11.4 Å². The van der Waals surface area contributed by atoms with E-state index in [1.54, 1.807) is 30.2 Å². The van der Waals surface area contributed by atoms with Gasteiger partial charge in [-0.1, -0.05) is 0 Å². The fraction of sp³-hybridized carbons (Fsp3) is 0.211. The first kappa shape index (κ1) is 17.7. The van der Waals surface area contributed by atoms with Crippen molar-refractivity contribution < 1.29 is 9.57 Å². The first-order valence-electron chi connectivity index (χ1n) is 8.81. The molecule has 0 radical (unpaired) electrons. The third kappa shape index (κ3) is 3.18. The lowest BCUT2D eigenvalue weighted by molar-refractivity contribution is -0.894. The average molecular weight is 378 g/mol. The first-order chi connectivity index (χ1) is 13.6. The number of pyridine rings is 2. The van der Waals surface area contributed by atoms with Gasteiger partial charge in [-0.15, -0.1) is 0 Å². The molecule has 0 aliphatic carbocycles. The molecule has 0 amide bonds. The van der Waals surface area contributed by atoms with E-state index in [4.69, 9.17) is 10.6 Å². The van der Waals surface area contributed by atoms with Gasteiger partial charge in [0.2, 0.25) is 11.4 Å². The predicted octanol–water partition coefficient (Wildman–Crippen LogP) is 0.730. The number of rotatable bonds is 5. The number of fused-ring (bicyclic) bond motifs is 1. The largest absolute Gasteiger partial charge is 0.382 e. The number of aryl methyl sites for hydroxylation is 3. The second-order valence-corrected chi connectivity index (χ2v) is 6.42. The Morgan fingerprint density at radius 3 is 2.82 bits per heavy atom. The standard InChI is InChI=1S/C19H19N7O2/c1-11-4-3-5-13(26(11)28-2)7-6-12-10-15-16(23-19(12)27)17(20)24-18(22-15)14-8-9-21-25-14/h3-5,8-10H,6-7H2,1-2H3,(H3-,20,21,22,23,24,25,27)/p+1. The summed E-state index contributed by atoms with van der Waals surface area (Å²) in [5.74, 6) is 0.644. The Kier molecular flexibility index (Phi) is 4.48. The molecule has 0 unspecified atom stereocenters. The molecular weight excluding hydrogens is 358 g/mol. The Morgan fingerprint density at radius 2 is 2.07 bits per heavy atom. The zero-order valence-corrected chi connectivity index (χ0v) is 15.6. The van der Waals surface area contributed by atoms with Crippen LogP contribution >= 0.6 is 0 Å². The number of nitrogens with two attached hydrogens (primary N) is 1. The van der Waals surface area contributed by atoms with Crippen LogP contribution in [0.25, 0.3) is 22.6 Å². The van der Waals surface area contributed by atoms with Crippen LogP contribution in [0.5, 0.6) is 0 Å². The van der Waals surface area contributed by atoms with E-state index >= 15 is 0 Å². The molecule has 4 heterocycles. The number of aromatic nitrogens is 6. The summed E-state index contributed by atoms with van der Waals surface area (Å²) in [7, 11) is 1.62. The number of hydrogen-bond acceptors (Lipinski definition) is 6. The van der Waals surface area contributed by atoms with E-state index < -0.39 is 0 Å². The summed E-state index contributed by atoms with van der Waals surface area (Å²) in [5.41, 5.74) is 10.1. The van der Waals surface area contributed by atoms with Gasteiger partial charge < -0.3 is 10.7 Å². The van der Waals surface area contributed by atoms with Crippen LogP contribution in [0, 0.1) is 6.92 Å². The molecule has 0 saturated carbocycles. The summed E-state index contributed by atoms with van der Waals surface area (Å²) >= 11 is 0. The lowest BCUT2D eigenvalue weighted by atomic mass is 10.1. The number of nitrogens with one attached hydrogen (secondary N) is 2. The molecule has 4 N–H and O–H groups in total. The molecule has 9 heteroatoms. The van der Waals surface area contributed by atoms with E-state index in [1.807, 2.05) is 25.1 Å². The number of anilines is 1. The quantitative estimate of drug-likeness (QED) is 0.440. The van der Waals surface area contributed by atoms with E-state index in [-0.39, 0.29) is 11.4 Å². The number of nitrogens with zero attached hydrogens (tertiary/aromatic N) is 4. The smallest absolute Gasteiger partial charge is 0.251 e. The van der Waals surface area contributed by atoms with E-state index in [1.165, 1.54) is 0 Å². The number of nitrogen functional groups attached to an aromatic ring is 1. The van der Waals surface area contributed by atoms with Crippen LogP contribution in [0.1, 0.15) is 17.0 Å². The highest BCUT2D eigenvalue weighted by Gasteiger charge is 2.17. The van der Waals surface area contributed by atoms with Crippen molar-refractivity contribution in [3.63, 3.8) is 0 Å². The fourth-order valence-corrected chi connectivity index (χ4v) is 3.21. The maximum absolute atomic E-state index is 12.5. The Hall–Kier alpha value is -3.75. The van der Waals surface area contributed by atoms with Gasteiger partial charge in [0.1, 0.15) is 18.3 Å². The monoisotopic (exact) mass is 378 g/mol. The minimum Gasteiger partial charge on any atom is -0.382 e. The van der Waals surface area contributed by atoms with Crippen molar-refractivity contribution in [2.45, 2.75) is 19.8 Å². The summed E-state index contributed by atoms with van der Waals surface area (Å²) in [5, 5.41) is 6.73. The van der Waals surface area contributed by atoms with E-state index in [2.05, 4.69) is 25.1 Å². The van der Waals surface area contributed by atoms with Crippen molar-refractivity contribution in [2.24, 2.45) is 0 Å². The Morgan fingerprint density at radius 1 is 1.21 bits per heavy atom. The summed E-state index contributed by atoms with van der Waals surface area (Å²) in [6.45, 7) is 1.96. The molecule has 0 atom stereocenters. The lowest BCUT2D eigenvalue weighted by Gasteiger charge is -2.07. The van der Waals surface area contributed by atoms with Crippen molar-refractivity contribution in [1.82, 2.24) is 25.1 Å². The van der Waals surface area contributed by atoms with Gasteiger partial charge in [-0.05, 0) is 24.6 Å². The van der Waals surface area contributed by atoms with Gasteiger partial charge in [0.15, 0.2) is 11.6 Å². The molecule has 9 nitrogen and oxygen atoms in total. The van der Waals surface area contributed by atoms with Gasteiger partial charge in [0, 0.05) is 42.0 Å². The van der Waals surface area contributed by atoms with Gasteiger partial charge in [-0.2, -0.15) is 5.10 Å². The van der Waals surface area contributed by atoms with Crippen LogP contribution in [0.15, 0.2) is 41.3 Å². The maximum Gasteiger partial charge on any atom is 0.251 e. The van der Waals surface area contributed by atoms with Gasteiger partial charge in [0.05, 0.1) is 5.52 Å². The third-order valence-corrected chi connectivity index (χ3v) is 4.59. The second-order valence-electron chi connectivity index (χ2n) is 6.42. The lowest BCUT2D eigenvalue weighted by Crippen LogP contribution is -2.47. The SMILES string of the molecule is CO[n+]1c(C)cccc1CCc1cc2nc(-c3ccn[nH]3)nc(N)c2[nH]c1=O. The Bertz CT molecular complexity index is 1200. The molecule has 0 spiro atoms. The van der Waals surface area contributed by atoms with Crippen LogP contribution in [0.3, 0.4) is 0 Å². The second kappa shape index (κ2) is 7.10. The van der Waals surface area contributed by atoms with Gasteiger partial charge in [-0.3, -0.25) is 14.7 Å². The zero-order chi connectivity index (χ0) is 19.7. The number of H-pyrrole nitrogens is 2. The van der Waals surface area contributed by atoms with Crippen molar-refractivity contribution in [1.29, 1.82) is 0 Å². The Labute approximate surface area is 160 Å². The highest BCUT2D eigenvalue weighted by atomic mass is 16.6. The molecule has 4 aromatic rings. The van der Waals surface area contributed by atoms with Crippen molar-refractivity contribution in [3.8, 4) is 11.5 Å². The Balaban J connectivity index is 1.71. The summed E-state index contributed by atoms with van der Waals surface area (Å²) < 4.78 is 1.76. The highest BCUT2D eigenvalue weighted by molar-refractivity contribution is 5.85. The molecule has 0 saturated heterocycles. The molecule has 4 aromatic heterocycles. The third-order valence-electron chi connectivity index (χ3n) is 4.59. The molecule has 0 aliphatic heterocycles. The van der Waals surface area contributed by atoms with Gasteiger partial charge in [0.25, 0.3) is 5.56 Å². The topological polar surface area (TPSA) is 126 Å². The van der Waals surface area contributed by atoms with Crippen LogP contribution in [0.2, 0.25) is 0 Å². The number of hydrogen-bond donors (Lipinski definition) is 3. The molecule has 28 heavy (non-hydrogen) atoms. The van der Waals surface area contributed by atoms with E-state index in [0.29, 0.717) is 41.0 Å². The predicted molar refractivity (Wildman–Crippen MR) is 103 cm³/mol. The molecule has 0 aliphatic rings. The van der Waals surface area contributed by atoms with Crippen LogP contribution in [-0.2, 0) is 12.8 Å². The van der Waals surface area contributed by atoms with Crippen LogP contribution in [0.4, 0.5) is 5.82 Å². The molecular formula is C19H20N7O2+. The molecule has 4 rings (SSSR count). The summed E-state index contributed by atoms with van der Waals surface area (Å²) in [6.07, 6.45) is 2.78. The van der Waals surface area contributed by atoms with E-state index in [9.17, 15) is 4.79 Å². The minimum absolute atomic E-state index is 0.200. The maximum atomic E-state index is 12.5. The van der Waals surface area contributed by atoms with Crippen LogP contribution < -0.4 is 20.9 Å². The minimum atomic E-state index is -0.200.